The number of nitrogens with two attached hydrogens (primary N) is 1. The molecule has 0 aliphatic carbocycles. The molecule has 19 nitrogen and oxygen atoms in total. The van der Waals surface area contributed by atoms with Crippen molar-refractivity contribution in [1.29, 1.82) is 0 Å². The maximum Gasteiger partial charge on any atom is 0.490 e. The number of nitrogens with zero attached hydrogens (tertiary/aromatic N) is 6. The van der Waals surface area contributed by atoms with E-state index in [-0.39, 0.29) is 34.7 Å². The Morgan fingerprint density at radius 1 is 1.02 bits per heavy atom. The van der Waals surface area contributed by atoms with Gasteiger partial charge in [0, 0.05) is 49.0 Å². The number of hydrogen-bond acceptors (Lipinski definition) is 15. The van der Waals surface area contributed by atoms with Gasteiger partial charge in [-0.2, -0.15) is 35.7 Å². The molecule has 0 radical (unpaired) electrons. The van der Waals surface area contributed by atoms with Gasteiger partial charge in [-0.25, -0.2) is 19.2 Å². The molecular weight excluding hydrogens is 742 g/mol. The van der Waals surface area contributed by atoms with Gasteiger partial charge in [-0.05, 0) is 7.05 Å². The fourth-order valence-corrected chi connectivity index (χ4v) is 5.60. The second-order valence-electron chi connectivity index (χ2n) is 9.65. The Bertz CT molecular complexity index is 1510. The highest BCUT2D eigenvalue weighted by Gasteiger charge is 2.54. The number of anilines is 1. The van der Waals surface area contributed by atoms with E-state index in [0.29, 0.717) is 31.8 Å². The molecule has 0 aromatic carbocycles. The van der Waals surface area contributed by atoms with Gasteiger partial charge < -0.3 is 45.7 Å². The lowest BCUT2D eigenvalue weighted by molar-refractivity contribution is -0.193. The van der Waals surface area contributed by atoms with Crippen molar-refractivity contribution in [2.75, 3.05) is 58.4 Å². The van der Waals surface area contributed by atoms with Crippen molar-refractivity contribution in [2.45, 2.75) is 23.8 Å². The van der Waals surface area contributed by atoms with E-state index >= 15 is 0 Å². The second-order valence-corrected chi connectivity index (χ2v) is 11.5. The molecule has 1 unspecified atom stereocenters. The maximum atomic E-state index is 12.9. The number of hydrogen-bond donors (Lipinski definition) is 5. The monoisotopic (exact) mass is 768 g/mol. The van der Waals surface area contributed by atoms with Crippen LogP contribution in [0.3, 0.4) is 0 Å². The number of halogens is 6. The summed E-state index contributed by atoms with van der Waals surface area (Å²) in [5.74, 6) is -8.11. The number of piperazine rings is 1. The maximum absolute atomic E-state index is 12.9. The molecule has 4 rings (SSSR count). The number of aliphatic carboxylic acids is 3. The molecule has 0 bridgehead atoms. The summed E-state index contributed by atoms with van der Waals surface area (Å²) in [5, 5.41) is 29.7. The number of amides is 3. The highest BCUT2D eigenvalue weighted by molar-refractivity contribution is 8.00. The molecule has 2 atom stereocenters. The number of oxime groups is 1. The van der Waals surface area contributed by atoms with Gasteiger partial charge in [0.2, 0.25) is 11.5 Å². The molecule has 4 heterocycles. The van der Waals surface area contributed by atoms with Crippen molar-refractivity contribution in [3.05, 3.63) is 17.1 Å². The van der Waals surface area contributed by atoms with Gasteiger partial charge in [0.15, 0.2) is 5.13 Å². The highest BCUT2D eigenvalue weighted by atomic mass is 32.2. The Balaban J connectivity index is 0.000000521. The molecule has 3 amide bonds. The summed E-state index contributed by atoms with van der Waals surface area (Å²) in [6, 6.07) is -1.01. The molecule has 27 heteroatoms. The van der Waals surface area contributed by atoms with E-state index in [1.807, 2.05) is 7.05 Å². The van der Waals surface area contributed by atoms with Crippen LogP contribution in [0.25, 0.3) is 0 Å². The fraction of sp³-hybridized carbons (Fsp3) is 0.522. The van der Waals surface area contributed by atoms with Crippen molar-refractivity contribution < 1.29 is 80.0 Å². The number of ether oxygens (including phenoxy) is 1. The Labute approximate surface area is 283 Å². The first-order chi connectivity index (χ1) is 23.1. The number of β-lactam (4-membered cyclic amide) rings is 1. The van der Waals surface area contributed by atoms with Gasteiger partial charge in [-0.15, -0.1) is 11.8 Å². The molecule has 2 fully saturated rings. The number of nitrogens with one attached hydrogen (secondary N) is 1. The predicted molar refractivity (Wildman–Crippen MR) is 155 cm³/mol. The van der Waals surface area contributed by atoms with E-state index in [2.05, 4.69) is 24.7 Å². The number of carboxylic acids is 3. The Kier molecular flexibility index (Phi) is 14.1. The number of aromatic nitrogens is 2. The van der Waals surface area contributed by atoms with E-state index in [1.54, 1.807) is 4.90 Å². The van der Waals surface area contributed by atoms with Crippen LogP contribution in [-0.4, -0.2) is 157 Å². The third-order valence-electron chi connectivity index (χ3n) is 6.20. The van der Waals surface area contributed by atoms with Crippen LogP contribution < -0.4 is 11.1 Å². The van der Waals surface area contributed by atoms with Crippen LogP contribution in [0.15, 0.2) is 16.4 Å². The van der Waals surface area contributed by atoms with Crippen molar-refractivity contribution in [2.24, 2.45) is 5.16 Å². The molecule has 2 saturated heterocycles. The lowest BCUT2D eigenvalue weighted by atomic mass is 10.0. The minimum atomic E-state index is -5.08. The molecule has 0 spiro atoms. The molecule has 1 aromatic rings. The molecular formula is C23H26F6N8O11S2. The number of carbonyl (C=O) groups is 6. The number of fused-ring (bicyclic) bond motifs is 1. The van der Waals surface area contributed by atoms with Gasteiger partial charge in [-0.1, -0.05) is 5.16 Å². The Morgan fingerprint density at radius 3 is 2.00 bits per heavy atom. The SMILES string of the molecule is CON=C(C(=O)NC1C(=O)N2C(C(=O)O)=C(COC(=O)N3CCN(C)CC3)CS[C@@H]12)c1nsc(N)n1.O=C(O)C(F)(F)F.O=C(O)C(F)(F)F. The summed E-state index contributed by atoms with van der Waals surface area (Å²) in [5.41, 5.74) is 5.34. The zero-order valence-electron chi connectivity index (χ0n) is 25.3. The summed E-state index contributed by atoms with van der Waals surface area (Å²) in [4.78, 5) is 81.2. The molecule has 1 aromatic heterocycles. The first-order valence-electron chi connectivity index (χ1n) is 13.2. The van der Waals surface area contributed by atoms with E-state index < -0.39 is 59.6 Å². The van der Waals surface area contributed by atoms with Crippen LogP contribution in [0, 0.1) is 0 Å². The minimum absolute atomic E-state index is 0.0626. The second kappa shape index (κ2) is 17.1. The number of thioether (sulfide) groups is 1. The van der Waals surface area contributed by atoms with Crippen molar-refractivity contribution >= 4 is 70.0 Å². The van der Waals surface area contributed by atoms with Gasteiger partial charge in [0.25, 0.3) is 11.8 Å². The van der Waals surface area contributed by atoms with Crippen molar-refractivity contribution in [1.82, 2.24) is 29.4 Å². The first-order valence-corrected chi connectivity index (χ1v) is 15.0. The summed E-state index contributed by atoms with van der Waals surface area (Å²) in [6.07, 6.45) is -10.7. The van der Waals surface area contributed by atoms with Crippen molar-refractivity contribution in [3.63, 3.8) is 0 Å². The molecule has 3 aliphatic heterocycles. The van der Waals surface area contributed by atoms with E-state index in [4.69, 9.17) is 35.1 Å². The average molecular weight is 769 g/mol. The molecule has 0 saturated carbocycles. The molecule has 3 aliphatic rings. The number of nitrogen functional groups attached to an aromatic ring is 1. The number of carboxylic acid groups (broad SMARTS) is 3. The van der Waals surface area contributed by atoms with Crippen LogP contribution in [0.5, 0.6) is 0 Å². The average Bonchev–Trinajstić information content (AvgIpc) is 3.46. The molecule has 6 N–H and O–H groups in total. The van der Waals surface area contributed by atoms with Gasteiger partial charge in [0.1, 0.15) is 30.8 Å². The van der Waals surface area contributed by atoms with Crippen LogP contribution in [0.4, 0.5) is 36.3 Å². The molecule has 278 valence electrons. The van der Waals surface area contributed by atoms with E-state index in [0.717, 1.165) is 16.4 Å². The van der Waals surface area contributed by atoms with E-state index in [1.165, 1.54) is 18.9 Å². The quantitative estimate of drug-likeness (QED) is 0.105. The summed E-state index contributed by atoms with van der Waals surface area (Å²) in [7, 11) is 3.19. The largest absolute Gasteiger partial charge is 0.490 e. The zero-order chi connectivity index (χ0) is 38.1. The summed E-state index contributed by atoms with van der Waals surface area (Å²) >= 11 is 2.11. The molecule has 50 heavy (non-hydrogen) atoms. The number of rotatable bonds is 7. The highest BCUT2D eigenvalue weighted by Crippen LogP contribution is 2.40. The zero-order valence-corrected chi connectivity index (χ0v) is 27.0. The van der Waals surface area contributed by atoms with Gasteiger partial charge in [-0.3, -0.25) is 14.5 Å². The number of likely N-dealkylation sites (N-methyl/N-ethyl adjacent to an activating group) is 1. The van der Waals surface area contributed by atoms with Gasteiger partial charge in [0.05, 0.1) is 0 Å². The minimum Gasteiger partial charge on any atom is -0.477 e. The van der Waals surface area contributed by atoms with Crippen molar-refractivity contribution in [3.8, 4) is 0 Å². The van der Waals surface area contributed by atoms with Crippen LogP contribution in [0.1, 0.15) is 5.82 Å². The standard InChI is InChI=1S/C19H24N8O7S2.2C2HF3O2/c1-25-3-5-26(6-4-25)19(32)34-7-9-8-35-16-11(15(29)27(16)12(9)17(30)31)21-14(28)10(23-33-2)13-22-18(20)36-24-13;2*3-2(4,5)1(6)7/h11,16H,3-8H2,1-2H3,(H,21,28)(H,30,31)(H2,20,22,24);2*(H,6,7)/t11?,16-;;/m0../s1. The third-order valence-corrected chi connectivity index (χ3v) is 8.09. The van der Waals surface area contributed by atoms with Crippen LogP contribution >= 0.6 is 23.3 Å². The lowest BCUT2D eigenvalue weighted by Crippen LogP contribution is -2.71. The summed E-state index contributed by atoms with van der Waals surface area (Å²) < 4.78 is 72.8. The number of alkyl halides is 6. The smallest absolute Gasteiger partial charge is 0.477 e. The topological polar surface area (TPSA) is 267 Å². The van der Waals surface area contributed by atoms with Crippen LogP contribution in [-0.2, 0) is 33.5 Å². The number of carbonyl (C=O) groups excluding carboxylic acids is 3. The summed E-state index contributed by atoms with van der Waals surface area (Å²) in [6.45, 7) is 2.21. The van der Waals surface area contributed by atoms with Crippen LogP contribution in [0.2, 0.25) is 0 Å². The third kappa shape index (κ3) is 11.1. The first kappa shape index (κ1) is 41.3. The normalized spacial score (nSPS) is 19.4. The van der Waals surface area contributed by atoms with Gasteiger partial charge >= 0.3 is 36.4 Å². The predicted octanol–water partition coefficient (Wildman–Crippen LogP) is -0.140. The fourth-order valence-electron chi connectivity index (χ4n) is 3.84. The Hall–Kier alpha value is -4.92. The van der Waals surface area contributed by atoms with E-state index in [9.17, 15) is 50.6 Å². The Morgan fingerprint density at radius 2 is 1.56 bits per heavy atom. The lowest BCUT2D eigenvalue weighted by Gasteiger charge is -2.49.